The molecule has 1 amide bonds. The number of hydrazone groups is 1. The summed E-state index contributed by atoms with van der Waals surface area (Å²) in [4.78, 5) is 11.8. The van der Waals surface area contributed by atoms with Gasteiger partial charge in [0, 0.05) is 0 Å². The number of rotatable bonds is 4. The average molecular weight is 266 g/mol. The van der Waals surface area contributed by atoms with Gasteiger partial charge in [0.25, 0.3) is 0 Å². The summed E-state index contributed by atoms with van der Waals surface area (Å²) in [5, 5.41) is 4.14. The van der Waals surface area contributed by atoms with Crippen molar-refractivity contribution >= 4 is 11.6 Å². The van der Waals surface area contributed by atoms with E-state index in [9.17, 15) is 4.79 Å². The van der Waals surface area contributed by atoms with E-state index < -0.39 is 0 Å². The van der Waals surface area contributed by atoms with E-state index in [0.717, 1.165) is 16.8 Å². The maximum absolute atomic E-state index is 11.8. The molecule has 0 aliphatic rings. The molecule has 0 aromatic heterocycles. The lowest BCUT2D eigenvalue weighted by Gasteiger charge is -2.03. The number of nitrogens with one attached hydrogen (secondary N) is 1. The molecule has 2 rings (SSSR count). The van der Waals surface area contributed by atoms with E-state index in [0.29, 0.717) is 6.42 Å². The number of nitrogens with zero attached hydrogens (tertiary/aromatic N) is 1. The van der Waals surface area contributed by atoms with Crippen molar-refractivity contribution in [2.45, 2.75) is 20.3 Å². The molecule has 1 N–H and O–H groups in total. The Bertz CT molecular complexity index is 601. The Morgan fingerprint density at radius 3 is 2.35 bits per heavy atom. The quantitative estimate of drug-likeness (QED) is 0.670. The lowest BCUT2D eigenvalue weighted by molar-refractivity contribution is -0.120. The Morgan fingerprint density at radius 1 is 1.05 bits per heavy atom. The maximum atomic E-state index is 11.8. The van der Waals surface area contributed by atoms with Gasteiger partial charge in [-0.15, -0.1) is 0 Å². The molecule has 0 aliphatic carbocycles. The van der Waals surface area contributed by atoms with E-state index in [2.05, 4.69) is 10.5 Å². The molecule has 0 atom stereocenters. The van der Waals surface area contributed by atoms with E-state index in [1.807, 2.05) is 68.4 Å². The molecule has 0 saturated carbocycles. The average Bonchev–Trinajstić information content (AvgIpc) is 2.46. The van der Waals surface area contributed by atoms with Gasteiger partial charge in [0.1, 0.15) is 0 Å². The lowest BCUT2D eigenvalue weighted by Crippen LogP contribution is -2.21. The van der Waals surface area contributed by atoms with Crippen molar-refractivity contribution in [1.82, 2.24) is 5.43 Å². The molecule has 102 valence electrons. The van der Waals surface area contributed by atoms with Gasteiger partial charge in [0.15, 0.2) is 0 Å². The smallest absolute Gasteiger partial charge is 0.244 e. The van der Waals surface area contributed by atoms with Crippen LogP contribution in [0.15, 0.2) is 59.7 Å². The summed E-state index contributed by atoms with van der Waals surface area (Å²) < 4.78 is 0. The van der Waals surface area contributed by atoms with E-state index >= 15 is 0 Å². The van der Waals surface area contributed by atoms with Gasteiger partial charge in [-0.25, -0.2) is 5.43 Å². The van der Waals surface area contributed by atoms with Gasteiger partial charge < -0.3 is 0 Å². The van der Waals surface area contributed by atoms with Gasteiger partial charge in [0.05, 0.1) is 12.1 Å². The fourth-order valence-electron chi connectivity index (χ4n) is 1.83. The molecule has 0 aliphatic heterocycles. The highest BCUT2D eigenvalue weighted by Gasteiger charge is 2.02. The molecule has 0 heterocycles. The Hall–Kier alpha value is -2.42. The molecular formula is C17H18N2O. The zero-order chi connectivity index (χ0) is 14.4. The first-order valence-electron chi connectivity index (χ1n) is 6.59. The lowest BCUT2D eigenvalue weighted by atomic mass is 10.1. The largest absolute Gasteiger partial charge is 0.273 e. The van der Waals surface area contributed by atoms with Crippen molar-refractivity contribution in [2.24, 2.45) is 5.10 Å². The third-order valence-electron chi connectivity index (χ3n) is 3.03. The second-order valence-corrected chi connectivity index (χ2v) is 4.76. The Kier molecular flexibility index (Phi) is 4.66. The molecule has 0 saturated heterocycles. The number of hydrogen-bond donors (Lipinski definition) is 1. The number of carbonyl (C=O) groups is 1. The van der Waals surface area contributed by atoms with Crippen LogP contribution in [0.4, 0.5) is 0 Å². The third kappa shape index (κ3) is 4.05. The predicted octanol–water partition coefficient (Wildman–Crippen LogP) is 3.08. The van der Waals surface area contributed by atoms with E-state index in [4.69, 9.17) is 0 Å². The molecule has 0 fully saturated rings. The van der Waals surface area contributed by atoms with Crippen molar-refractivity contribution in [1.29, 1.82) is 0 Å². The minimum atomic E-state index is -0.109. The normalized spacial score (nSPS) is 11.2. The number of amides is 1. The van der Waals surface area contributed by atoms with Gasteiger partial charge in [-0.1, -0.05) is 60.2 Å². The van der Waals surface area contributed by atoms with Gasteiger partial charge in [-0.05, 0) is 25.0 Å². The molecular weight excluding hydrogens is 248 g/mol. The third-order valence-corrected chi connectivity index (χ3v) is 3.03. The van der Waals surface area contributed by atoms with Crippen molar-refractivity contribution in [2.75, 3.05) is 0 Å². The van der Waals surface area contributed by atoms with Crippen LogP contribution in [0.5, 0.6) is 0 Å². The molecule has 0 bridgehead atoms. The second kappa shape index (κ2) is 6.66. The predicted molar refractivity (Wildman–Crippen MR) is 81.7 cm³/mol. The van der Waals surface area contributed by atoms with Gasteiger partial charge >= 0.3 is 0 Å². The first-order chi connectivity index (χ1) is 9.65. The summed E-state index contributed by atoms with van der Waals surface area (Å²) in [6.45, 7) is 3.92. The zero-order valence-electron chi connectivity index (χ0n) is 11.8. The molecule has 3 nitrogen and oxygen atoms in total. The van der Waals surface area contributed by atoms with E-state index in [1.54, 1.807) is 0 Å². The van der Waals surface area contributed by atoms with Crippen LogP contribution in [0.25, 0.3) is 0 Å². The zero-order valence-corrected chi connectivity index (χ0v) is 11.8. The Morgan fingerprint density at radius 2 is 1.70 bits per heavy atom. The number of hydrogen-bond acceptors (Lipinski definition) is 2. The van der Waals surface area contributed by atoms with Crippen LogP contribution in [0.2, 0.25) is 0 Å². The van der Waals surface area contributed by atoms with Crippen LogP contribution in [0, 0.1) is 6.92 Å². The standard InChI is InChI=1S/C17H18N2O/c1-13-8-10-16(11-9-13)14(2)18-19-17(20)12-15-6-4-3-5-7-15/h3-11H,12H2,1-2H3,(H,19,20)/b18-14+. The van der Waals surface area contributed by atoms with Crippen molar-refractivity contribution < 1.29 is 4.79 Å². The van der Waals surface area contributed by atoms with Crippen LogP contribution in [0.1, 0.15) is 23.6 Å². The molecule has 2 aromatic carbocycles. The molecule has 2 aromatic rings. The second-order valence-electron chi connectivity index (χ2n) is 4.76. The molecule has 3 heteroatoms. The number of benzene rings is 2. The molecule has 20 heavy (non-hydrogen) atoms. The highest BCUT2D eigenvalue weighted by atomic mass is 16.2. The van der Waals surface area contributed by atoms with Crippen LogP contribution in [-0.2, 0) is 11.2 Å². The summed E-state index contributed by atoms with van der Waals surface area (Å²) in [6, 6.07) is 17.7. The van der Waals surface area contributed by atoms with Crippen molar-refractivity contribution in [3.8, 4) is 0 Å². The van der Waals surface area contributed by atoms with Crippen LogP contribution in [-0.4, -0.2) is 11.6 Å². The van der Waals surface area contributed by atoms with Crippen LogP contribution < -0.4 is 5.43 Å². The van der Waals surface area contributed by atoms with Gasteiger partial charge in [-0.3, -0.25) is 4.79 Å². The minimum absolute atomic E-state index is 0.109. The summed E-state index contributed by atoms with van der Waals surface area (Å²) in [7, 11) is 0. The van der Waals surface area contributed by atoms with Crippen LogP contribution >= 0.6 is 0 Å². The minimum Gasteiger partial charge on any atom is -0.273 e. The molecule has 0 spiro atoms. The Labute approximate surface area is 119 Å². The topological polar surface area (TPSA) is 41.5 Å². The van der Waals surface area contributed by atoms with Crippen LogP contribution in [0.3, 0.4) is 0 Å². The van der Waals surface area contributed by atoms with Crippen molar-refractivity contribution in [3.05, 3.63) is 71.3 Å². The highest BCUT2D eigenvalue weighted by Crippen LogP contribution is 2.04. The number of aryl methyl sites for hydroxylation is 1. The molecule has 0 unspecified atom stereocenters. The van der Waals surface area contributed by atoms with Gasteiger partial charge in [-0.2, -0.15) is 5.10 Å². The maximum Gasteiger partial charge on any atom is 0.244 e. The fraction of sp³-hybridized carbons (Fsp3) is 0.176. The first-order valence-corrected chi connectivity index (χ1v) is 6.59. The van der Waals surface area contributed by atoms with E-state index in [1.165, 1.54) is 5.56 Å². The fourth-order valence-corrected chi connectivity index (χ4v) is 1.83. The summed E-state index contributed by atoms with van der Waals surface area (Å²) >= 11 is 0. The monoisotopic (exact) mass is 266 g/mol. The summed E-state index contributed by atoms with van der Waals surface area (Å²) in [5.41, 5.74) is 6.58. The van der Waals surface area contributed by atoms with E-state index in [-0.39, 0.29) is 5.91 Å². The first kappa shape index (κ1) is 14.0. The Balaban J connectivity index is 1.95. The van der Waals surface area contributed by atoms with Crippen molar-refractivity contribution in [3.63, 3.8) is 0 Å². The summed E-state index contributed by atoms with van der Waals surface area (Å²) in [6.07, 6.45) is 0.339. The summed E-state index contributed by atoms with van der Waals surface area (Å²) in [5.74, 6) is -0.109. The number of carbonyl (C=O) groups excluding carboxylic acids is 1. The molecule has 0 radical (unpaired) electrons. The highest BCUT2D eigenvalue weighted by molar-refractivity contribution is 5.99. The SMILES string of the molecule is C/C(=N\NC(=O)Cc1ccccc1)c1ccc(C)cc1. The van der Waals surface area contributed by atoms with Gasteiger partial charge in [0.2, 0.25) is 5.91 Å².